The molecule has 3 fully saturated rings. The van der Waals surface area contributed by atoms with Crippen molar-refractivity contribution in [2.75, 3.05) is 6.61 Å². The average Bonchev–Trinajstić information content (AvgIpc) is 2.93. The van der Waals surface area contributed by atoms with E-state index in [1.54, 1.807) is 0 Å². The summed E-state index contributed by atoms with van der Waals surface area (Å²) in [5.74, 6) is 0.328. The van der Waals surface area contributed by atoms with Gasteiger partial charge in [-0.25, -0.2) is 0 Å². The summed E-state index contributed by atoms with van der Waals surface area (Å²) in [5, 5.41) is 29.2. The van der Waals surface area contributed by atoms with Crippen LogP contribution in [0, 0.1) is 17.3 Å². The Morgan fingerprint density at radius 3 is 2.80 bits per heavy atom. The normalized spacial score (nSPS) is 42.0. The Balaban J connectivity index is 1.83. The summed E-state index contributed by atoms with van der Waals surface area (Å²) in [4.78, 5) is 12.2. The number of hydrogen-bond acceptors (Lipinski definition) is 4. The van der Waals surface area contributed by atoms with E-state index < -0.39 is 12.2 Å². The Hall–Kier alpha value is -1.23. The molecule has 3 aliphatic carbocycles. The summed E-state index contributed by atoms with van der Waals surface area (Å²) in [6, 6.07) is 0. The first kappa shape index (κ1) is 18.6. The van der Waals surface area contributed by atoms with Crippen LogP contribution >= 0.6 is 0 Å². The van der Waals surface area contributed by atoms with E-state index in [4.69, 9.17) is 0 Å². The highest BCUT2D eigenvalue weighted by Crippen LogP contribution is 2.57. The van der Waals surface area contributed by atoms with Crippen molar-refractivity contribution in [2.24, 2.45) is 17.3 Å². The summed E-state index contributed by atoms with van der Waals surface area (Å²) >= 11 is 0. The van der Waals surface area contributed by atoms with Gasteiger partial charge in [0, 0.05) is 12.3 Å². The minimum atomic E-state index is -0.664. The van der Waals surface area contributed by atoms with E-state index in [0.29, 0.717) is 24.3 Å². The highest BCUT2D eigenvalue weighted by atomic mass is 16.3. The van der Waals surface area contributed by atoms with Gasteiger partial charge in [-0.2, -0.15) is 0 Å². The van der Waals surface area contributed by atoms with Crippen molar-refractivity contribution in [3.05, 3.63) is 35.5 Å². The zero-order valence-electron chi connectivity index (χ0n) is 15.1. The second kappa shape index (κ2) is 7.18. The summed E-state index contributed by atoms with van der Waals surface area (Å²) in [7, 11) is 0. The fourth-order valence-corrected chi connectivity index (χ4v) is 5.34. The van der Waals surface area contributed by atoms with Gasteiger partial charge in [-0.3, -0.25) is 4.79 Å². The maximum absolute atomic E-state index is 12.2. The Morgan fingerprint density at radius 2 is 2.08 bits per heavy atom. The highest BCUT2D eigenvalue weighted by molar-refractivity contribution is 5.83. The highest BCUT2D eigenvalue weighted by Gasteiger charge is 2.51. The number of carbonyl (C=O) groups excluding carboxylic acids is 1. The Kier molecular flexibility index (Phi) is 5.33. The van der Waals surface area contributed by atoms with Crippen molar-refractivity contribution >= 4 is 5.78 Å². The molecule has 0 spiro atoms. The molecule has 0 aromatic carbocycles. The standard InChI is InChI=1S/C21H30O4/c1-13-15(10-16(23)11-19(13)24)6-5-14-4-3-9-21(2)17(14)7-8-18(21)20(25)12-22/h5-6,16-19,22-24H,1,3-4,7-12H2,2H3/b14-5+,15-6-/t16-,17+,18-,19+,21+/m1/s1. The van der Waals surface area contributed by atoms with Crippen LogP contribution in [-0.4, -0.2) is 39.9 Å². The number of rotatable bonds is 3. The molecule has 0 aliphatic heterocycles. The van der Waals surface area contributed by atoms with Crippen molar-refractivity contribution in [3.63, 3.8) is 0 Å². The number of fused-ring (bicyclic) bond motifs is 1. The fourth-order valence-electron chi connectivity index (χ4n) is 5.34. The molecule has 0 radical (unpaired) electrons. The lowest BCUT2D eigenvalue weighted by molar-refractivity contribution is -0.129. The van der Waals surface area contributed by atoms with Gasteiger partial charge in [0.05, 0.1) is 12.2 Å². The van der Waals surface area contributed by atoms with Gasteiger partial charge in [-0.15, -0.1) is 0 Å². The molecule has 25 heavy (non-hydrogen) atoms. The van der Waals surface area contributed by atoms with Crippen LogP contribution in [0.1, 0.15) is 51.9 Å². The first-order valence-electron chi connectivity index (χ1n) is 9.45. The third kappa shape index (κ3) is 3.40. The summed E-state index contributed by atoms with van der Waals surface area (Å²) in [6.07, 6.45) is 8.84. The van der Waals surface area contributed by atoms with Crippen LogP contribution in [-0.2, 0) is 4.79 Å². The van der Waals surface area contributed by atoms with Gasteiger partial charge in [-0.05, 0) is 61.0 Å². The van der Waals surface area contributed by atoms with E-state index in [1.807, 2.05) is 6.08 Å². The van der Waals surface area contributed by atoms with E-state index in [2.05, 4.69) is 19.6 Å². The van der Waals surface area contributed by atoms with Gasteiger partial charge < -0.3 is 15.3 Å². The van der Waals surface area contributed by atoms with Gasteiger partial charge in [0.2, 0.25) is 0 Å². The Labute approximate surface area is 149 Å². The molecule has 4 nitrogen and oxygen atoms in total. The van der Waals surface area contributed by atoms with Crippen LogP contribution < -0.4 is 0 Å². The quantitative estimate of drug-likeness (QED) is 0.734. The van der Waals surface area contributed by atoms with Crippen molar-refractivity contribution in [2.45, 2.75) is 64.1 Å². The van der Waals surface area contributed by atoms with Crippen molar-refractivity contribution in [1.82, 2.24) is 0 Å². The second-order valence-electron chi connectivity index (χ2n) is 8.23. The predicted octanol–water partition coefficient (Wildman–Crippen LogP) is 2.69. The average molecular weight is 346 g/mol. The molecule has 0 amide bonds. The lowest BCUT2D eigenvalue weighted by Gasteiger charge is -2.41. The molecule has 0 heterocycles. The molecule has 3 N–H and O–H groups in total. The van der Waals surface area contributed by atoms with Gasteiger partial charge in [-0.1, -0.05) is 31.2 Å². The van der Waals surface area contributed by atoms with Gasteiger partial charge in [0.1, 0.15) is 6.61 Å². The van der Waals surface area contributed by atoms with Crippen LogP contribution in [0.25, 0.3) is 0 Å². The molecule has 5 atom stereocenters. The van der Waals surface area contributed by atoms with Crippen LogP contribution in [0.3, 0.4) is 0 Å². The number of Topliss-reactive ketones (excluding diaryl/α,β-unsaturated/α-hetero) is 1. The first-order valence-corrected chi connectivity index (χ1v) is 9.45. The van der Waals surface area contributed by atoms with Gasteiger partial charge in [0.15, 0.2) is 5.78 Å². The summed E-state index contributed by atoms with van der Waals surface area (Å²) in [6.45, 7) is 5.82. The Bertz CT molecular complexity index is 617. The van der Waals surface area contributed by atoms with Crippen LogP contribution in [0.2, 0.25) is 0 Å². The van der Waals surface area contributed by atoms with Gasteiger partial charge >= 0.3 is 0 Å². The summed E-state index contributed by atoms with van der Waals surface area (Å²) in [5.41, 5.74) is 2.94. The van der Waals surface area contributed by atoms with E-state index >= 15 is 0 Å². The molecule has 3 rings (SSSR count). The fraction of sp³-hybridized carbons (Fsp3) is 0.667. The lowest BCUT2D eigenvalue weighted by atomic mass is 9.62. The smallest absolute Gasteiger partial charge is 0.161 e. The van der Waals surface area contributed by atoms with Gasteiger partial charge in [0.25, 0.3) is 0 Å². The molecule has 0 bridgehead atoms. The monoisotopic (exact) mass is 346 g/mol. The zero-order chi connectivity index (χ0) is 18.2. The molecule has 138 valence electrons. The Morgan fingerprint density at radius 1 is 1.32 bits per heavy atom. The first-order chi connectivity index (χ1) is 11.9. The topological polar surface area (TPSA) is 77.8 Å². The number of aliphatic hydroxyl groups is 3. The maximum Gasteiger partial charge on any atom is 0.161 e. The van der Waals surface area contributed by atoms with E-state index in [1.165, 1.54) is 5.57 Å². The van der Waals surface area contributed by atoms with Crippen LogP contribution in [0.4, 0.5) is 0 Å². The van der Waals surface area contributed by atoms with E-state index in [9.17, 15) is 20.1 Å². The maximum atomic E-state index is 12.2. The van der Waals surface area contributed by atoms with Crippen LogP contribution in [0.15, 0.2) is 35.5 Å². The van der Waals surface area contributed by atoms with E-state index in [0.717, 1.165) is 37.7 Å². The number of aliphatic hydroxyl groups excluding tert-OH is 3. The van der Waals surface area contributed by atoms with E-state index in [-0.39, 0.29) is 23.7 Å². The third-order valence-corrected chi connectivity index (χ3v) is 6.77. The van der Waals surface area contributed by atoms with Crippen molar-refractivity contribution < 1.29 is 20.1 Å². The van der Waals surface area contributed by atoms with Crippen molar-refractivity contribution in [1.29, 1.82) is 0 Å². The molecule has 4 heteroatoms. The summed E-state index contributed by atoms with van der Waals surface area (Å²) < 4.78 is 0. The minimum absolute atomic E-state index is 0.0171. The molecule has 0 unspecified atom stereocenters. The second-order valence-corrected chi connectivity index (χ2v) is 8.23. The third-order valence-electron chi connectivity index (χ3n) is 6.77. The largest absolute Gasteiger partial charge is 0.393 e. The number of hydrogen-bond donors (Lipinski definition) is 3. The molecular weight excluding hydrogens is 316 g/mol. The number of carbonyl (C=O) groups is 1. The lowest BCUT2D eigenvalue weighted by Crippen LogP contribution is -2.37. The number of allylic oxidation sites excluding steroid dienone is 3. The predicted molar refractivity (Wildman–Crippen MR) is 96.8 cm³/mol. The molecule has 3 saturated carbocycles. The van der Waals surface area contributed by atoms with Crippen molar-refractivity contribution in [3.8, 4) is 0 Å². The zero-order valence-corrected chi connectivity index (χ0v) is 15.1. The van der Waals surface area contributed by atoms with Crippen LogP contribution in [0.5, 0.6) is 0 Å². The molecule has 0 saturated heterocycles. The SMILES string of the molecule is C=C1/C(=C\C=C2/CCC[C@]3(C)[C@@H](C(=O)CO)CC[C@@H]23)C[C@@H](O)C[C@@H]1O. The number of ketones is 1. The molecule has 3 aliphatic rings. The molecular formula is C21H30O4. The molecule has 0 aromatic heterocycles. The molecule has 0 aromatic rings. The minimum Gasteiger partial charge on any atom is -0.393 e.